The highest BCUT2D eigenvalue weighted by atomic mass is 79.9. The van der Waals surface area contributed by atoms with Crippen molar-refractivity contribution in [2.24, 2.45) is 5.10 Å². The zero-order valence-corrected chi connectivity index (χ0v) is 24.3. The zero-order valence-electron chi connectivity index (χ0n) is 22.7. The Morgan fingerprint density at radius 3 is 2.35 bits per heavy atom. The van der Waals surface area contributed by atoms with E-state index in [2.05, 4.69) is 27.3 Å². The molecule has 216 valence electrons. The van der Waals surface area contributed by atoms with Crippen LogP contribution in [0.15, 0.2) is 125 Å². The first kappa shape index (κ1) is 28.5. The standard InChI is InChI=1S/C34H25BrF3N3O2/c35-27-13-15-28(16-14-27)43-32-17-12-26(34(36,37)38)19-30(32)39-21-33(42)41-31(23-7-2-1-3-8-23)20-29(40-41)25-11-10-22-6-4-5-9-24(22)18-25/h1-19,31,39H,20-21H2/t31-/m1/s1. The molecule has 5 nitrogen and oxygen atoms in total. The zero-order chi connectivity index (χ0) is 30.0. The lowest BCUT2D eigenvalue weighted by Gasteiger charge is -2.23. The second-order valence-electron chi connectivity index (χ2n) is 10.1. The number of benzene rings is 5. The van der Waals surface area contributed by atoms with Crippen molar-refractivity contribution in [2.75, 3.05) is 11.9 Å². The molecule has 1 aliphatic rings. The molecule has 9 heteroatoms. The molecule has 0 saturated carbocycles. The molecule has 5 aromatic carbocycles. The van der Waals surface area contributed by atoms with Gasteiger partial charge in [-0.2, -0.15) is 18.3 Å². The molecule has 0 radical (unpaired) electrons. The van der Waals surface area contributed by atoms with E-state index in [1.54, 1.807) is 24.3 Å². The number of halogens is 4. The van der Waals surface area contributed by atoms with Crippen molar-refractivity contribution in [3.63, 3.8) is 0 Å². The molecule has 0 aromatic heterocycles. The fraction of sp³-hybridized carbons (Fsp3) is 0.118. The van der Waals surface area contributed by atoms with Crippen LogP contribution in [-0.4, -0.2) is 23.2 Å². The van der Waals surface area contributed by atoms with Crippen molar-refractivity contribution in [3.8, 4) is 11.5 Å². The Balaban J connectivity index is 1.28. The summed E-state index contributed by atoms with van der Waals surface area (Å²) in [5.74, 6) is 0.201. The molecule has 6 rings (SSSR count). The maximum absolute atomic E-state index is 13.7. The van der Waals surface area contributed by atoms with Gasteiger partial charge in [0, 0.05) is 10.9 Å². The summed E-state index contributed by atoms with van der Waals surface area (Å²) in [6.45, 7) is -0.296. The second kappa shape index (κ2) is 11.9. The number of nitrogens with one attached hydrogen (secondary N) is 1. The lowest BCUT2D eigenvalue weighted by atomic mass is 9.97. The molecule has 0 fully saturated rings. The Labute approximate surface area is 254 Å². The molecule has 0 spiro atoms. The van der Waals surface area contributed by atoms with Gasteiger partial charge in [0.2, 0.25) is 0 Å². The molecule has 0 bridgehead atoms. The van der Waals surface area contributed by atoms with Gasteiger partial charge >= 0.3 is 6.18 Å². The highest BCUT2D eigenvalue weighted by molar-refractivity contribution is 9.10. The number of hydrogen-bond donors (Lipinski definition) is 1. The number of hydrazone groups is 1. The first-order valence-corrected chi connectivity index (χ1v) is 14.4. The second-order valence-corrected chi connectivity index (χ2v) is 11.0. The summed E-state index contributed by atoms with van der Waals surface area (Å²) in [5.41, 5.74) is 1.76. The van der Waals surface area contributed by atoms with E-state index < -0.39 is 17.6 Å². The Morgan fingerprint density at radius 1 is 0.884 bits per heavy atom. The Morgan fingerprint density at radius 2 is 1.60 bits per heavy atom. The summed E-state index contributed by atoms with van der Waals surface area (Å²) in [7, 11) is 0. The van der Waals surface area contributed by atoms with E-state index in [0.29, 0.717) is 12.2 Å². The fourth-order valence-corrected chi connectivity index (χ4v) is 5.30. The number of hydrogen-bond acceptors (Lipinski definition) is 4. The van der Waals surface area contributed by atoms with E-state index in [0.717, 1.165) is 44.2 Å². The third kappa shape index (κ3) is 6.41. The molecule has 43 heavy (non-hydrogen) atoms. The molecule has 5 aromatic rings. The van der Waals surface area contributed by atoms with Crippen LogP contribution in [0.25, 0.3) is 10.8 Å². The van der Waals surface area contributed by atoms with Gasteiger partial charge in [-0.25, -0.2) is 5.01 Å². The lowest BCUT2D eigenvalue weighted by molar-refractivity contribution is -0.137. The van der Waals surface area contributed by atoms with Gasteiger partial charge in [0.1, 0.15) is 5.75 Å². The molecule has 0 unspecified atom stereocenters. The van der Waals surface area contributed by atoms with Crippen molar-refractivity contribution in [1.29, 1.82) is 0 Å². The van der Waals surface area contributed by atoms with E-state index in [-0.39, 0.29) is 24.0 Å². The predicted molar refractivity (Wildman–Crippen MR) is 165 cm³/mol. The van der Waals surface area contributed by atoms with Crippen molar-refractivity contribution in [2.45, 2.75) is 18.6 Å². The third-order valence-electron chi connectivity index (χ3n) is 7.21. The van der Waals surface area contributed by atoms with Crippen LogP contribution in [0, 0.1) is 0 Å². The number of nitrogens with zero attached hydrogens (tertiary/aromatic N) is 2. The van der Waals surface area contributed by atoms with Crippen LogP contribution < -0.4 is 10.1 Å². The number of fused-ring (bicyclic) bond motifs is 1. The molecule has 1 atom stereocenters. The summed E-state index contributed by atoms with van der Waals surface area (Å²) in [6.07, 6.45) is -4.07. The van der Waals surface area contributed by atoms with Gasteiger partial charge in [-0.15, -0.1) is 0 Å². The van der Waals surface area contributed by atoms with E-state index in [9.17, 15) is 18.0 Å². The van der Waals surface area contributed by atoms with Crippen LogP contribution in [0.4, 0.5) is 18.9 Å². The maximum Gasteiger partial charge on any atom is 0.416 e. The normalized spacial score (nSPS) is 14.9. The highest BCUT2D eigenvalue weighted by Crippen LogP contribution is 2.38. The van der Waals surface area contributed by atoms with Gasteiger partial charge < -0.3 is 10.1 Å². The Bertz CT molecular complexity index is 1810. The SMILES string of the molecule is O=C(CNc1cc(C(F)(F)F)ccc1Oc1ccc(Br)cc1)N1N=C(c2ccc3ccccc3c2)C[C@@H]1c1ccccc1. The minimum Gasteiger partial charge on any atom is -0.455 e. The van der Waals surface area contributed by atoms with Crippen molar-refractivity contribution >= 4 is 44.0 Å². The van der Waals surface area contributed by atoms with Gasteiger partial charge in [0.05, 0.1) is 29.5 Å². The molecular formula is C34H25BrF3N3O2. The Kier molecular flexibility index (Phi) is 7.90. The first-order chi connectivity index (χ1) is 20.7. The highest BCUT2D eigenvalue weighted by Gasteiger charge is 2.34. The van der Waals surface area contributed by atoms with E-state index in [1.807, 2.05) is 66.7 Å². The van der Waals surface area contributed by atoms with E-state index >= 15 is 0 Å². The van der Waals surface area contributed by atoms with Gasteiger partial charge in [0.25, 0.3) is 5.91 Å². The van der Waals surface area contributed by atoms with Crippen molar-refractivity contribution in [1.82, 2.24) is 5.01 Å². The average Bonchev–Trinajstić information content (AvgIpc) is 3.47. The van der Waals surface area contributed by atoms with Gasteiger partial charge in [-0.3, -0.25) is 4.79 Å². The molecular weight excluding hydrogens is 619 g/mol. The fourth-order valence-electron chi connectivity index (χ4n) is 5.03. The van der Waals surface area contributed by atoms with Gasteiger partial charge in [-0.05, 0) is 70.4 Å². The summed E-state index contributed by atoms with van der Waals surface area (Å²) in [6, 6.07) is 33.3. The summed E-state index contributed by atoms with van der Waals surface area (Å²) in [4.78, 5) is 13.7. The van der Waals surface area contributed by atoms with Crippen LogP contribution in [0.1, 0.15) is 29.2 Å². The monoisotopic (exact) mass is 643 g/mol. The number of carbonyl (C=O) groups excluding carboxylic acids is 1. The Hall–Kier alpha value is -4.63. The van der Waals surface area contributed by atoms with Crippen LogP contribution in [0.2, 0.25) is 0 Å². The number of rotatable bonds is 7. The van der Waals surface area contributed by atoms with Crippen molar-refractivity contribution in [3.05, 3.63) is 136 Å². The van der Waals surface area contributed by atoms with Gasteiger partial charge in [0.15, 0.2) is 5.75 Å². The van der Waals surface area contributed by atoms with Crippen LogP contribution in [0.5, 0.6) is 11.5 Å². The van der Waals surface area contributed by atoms with Crippen molar-refractivity contribution < 1.29 is 22.7 Å². The topological polar surface area (TPSA) is 53.9 Å². The third-order valence-corrected chi connectivity index (χ3v) is 7.74. The molecule has 0 saturated heterocycles. The number of ether oxygens (including phenoxy) is 1. The largest absolute Gasteiger partial charge is 0.455 e. The molecule has 1 amide bonds. The summed E-state index contributed by atoms with van der Waals surface area (Å²) in [5, 5.41) is 11.2. The quantitative estimate of drug-likeness (QED) is 0.192. The van der Waals surface area contributed by atoms with Crippen LogP contribution >= 0.6 is 15.9 Å². The number of carbonyl (C=O) groups is 1. The van der Waals surface area contributed by atoms with E-state index in [4.69, 9.17) is 9.84 Å². The number of amides is 1. The maximum atomic E-state index is 13.7. The lowest BCUT2D eigenvalue weighted by Crippen LogP contribution is -2.32. The van der Waals surface area contributed by atoms with Gasteiger partial charge in [-0.1, -0.05) is 82.7 Å². The summed E-state index contributed by atoms with van der Waals surface area (Å²) >= 11 is 3.36. The first-order valence-electron chi connectivity index (χ1n) is 13.6. The minimum atomic E-state index is -4.57. The van der Waals surface area contributed by atoms with Crippen LogP contribution in [-0.2, 0) is 11.0 Å². The number of anilines is 1. The van der Waals surface area contributed by atoms with Crippen LogP contribution in [0.3, 0.4) is 0 Å². The molecule has 1 N–H and O–H groups in total. The minimum absolute atomic E-state index is 0.0419. The predicted octanol–water partition coefficient (Wildman–Crippen LogP) is 9.20. The molecule has 1 heterocycles. The smallest absolute Gasteiger partial charge is 0.416 e. The average molecular weight is 644 g/mol. The summed E-state index contributed by atoms with van der Waals surface area (Å²) < 4.78 is 47.5. The molecule has 0 aliphatic carbocycles. The van der Waals surface area contributed by atoms with E-state index in [1.165, 1.54) is 11.1 Å². The number of alkyl halides is 3. The molecule has 1 aliphatic heterocycles.